The number of carbonyl (C=O) groups excluding carboxylic acids is 1. The monoisotopic (exact) mass is 412 g/mol. The lowest BCUT2D eigenvalue weighted by Crippen LogP contribution is -2.39. The molecule has 0 saturated carbocycles. The minimum atomic E-state index is -4.05. The number of hydrogen-bond acceptors (Lipinski definition) is 5. The van der Waals surface area contributed by atoms with Crippen molar-refractivity contribution in [1.82, 2.24) is 10.4 Å². The molecule has 0 fully saturated rings. The fraction of sp³-hybridized carbons (Fsp3) is 0.0500. The molecule has 2 aromatic carbocycles. The van der Waals surface area contributed by atoms with Crippen LogP contribution in [0.1, 0.15) is 5.56 Å². The summed E-state index contributed by atoms with van der Waals surface area (Å²) in [5.41, 5.74) is 3.11. The van der Waals surface area contributed by atoms with Crippen molar-refractivity contribution in [1.29, 1.82) is 0 Å². The van der Waals surface area contributed by atoms with Crippen LogP contribution in [0.5, 0.6) is 0 Å². The van der Waals surface area contributed by atoms with E-state index in [-0.39, 0.29) is 10.6 Å². The number of halogens is 1. The van der Waals surface area contributed by atoms with Gasteiger partial charge in [-0.25, -0.2) is 18.2 Å². The molecular formula is C20H17FN4O3S. The fourth-order valence-corrected chi connectivity index (χ4v) is 3.88. The molecule has 0 aliphatic heterocycles. The maximum absolute atomic E-state index is 13.3. The molecule has 0 atom stereocenters. The Hall–Kier alpha value is -3.59. The van der Waals surface area contributed by atoms with E-state index in [0.29, 0.717) is 5.56 Å². The minimum absolute atomic E-state index is 0.0102. The van der Waals surface area contributed by atoms with E-state index in [9.17, 15) is 17.6 Å². The van der Waals surface area contributed by atoms with Gasteiger partial charge in [-0.2, -0.15) is 5.10 Å². The number of benzene rings is 2. The highest BCUT2D eigenvalue weighted by Gasteiger charge is 2.27. The van der Waals surface area contributed by atoms with Crippen molar-refractivity contribution in [2.45, 2.75) is 4.90 Å². The molecule has 0 spiro atoms. The van der Waals surface area contributed by atoms with Crippen LogP contribution >= 0.6 is 0 Å². The van der Waals surface area contributed by atoms with Gasteiger partial charge in [-0.15, -0.1) is 0 Å². The summed E-state index contributed by atoms with van der Waals surface area (Å²) >= 11 is 0. The van der Waals surface area contributed by atoms with Crippen LogP contribution in [0.4, 0.5) is 10.1 Å². The summed E-state index contributed by atoms with van der Waals surface area (Å²) in [6.07, 6.45) is 4.55. The molecule has 29 heavy (non-hydrogen) atoms. The summed E-state index contributed by atoms with van der Waals surface area (Å²) in [5.74, 6) is -1.18. The number of nitrogens with zero attached hydrogens (tertiary/aromatic N) is 3. The molecule has 0 unspecified atom stereocenters. The van der Waals surface area contributed by atoms with Crippen LogP contribution in [0.3, 0.4) is 0 Å². The number of rotatable bonds is 7. The first-order valence-electron chi connectivity index (χ1n) is 8.52. The van der Waals surface area contributed by atoms with Crippen molar-refractivity contribution >= 4 is 27.8 Å². The molecule has 1 heterocycles. The summed E-state index contributed by atoms with van der Waals surface area (Å²) in [6.45, 7) is -0.534. The van der Waals surface area contributed by atoms with Crippen LogP contribution in [-0.2, 0) is 14.8 Å². The predicted octanol–water partition coefficient (Wildman–Crippen LogP) is 2.57. The number of carbonyl (C=O) groups is 1. The van der Waals surface area contributed by atoms with Crippen molar-refractivity contribution in [2.75, 3.05) is 10.8 Å². The molecule has 7 nitrogen and oxygen atoms in total. The Morgan fingerprint density at radius 1 is 1.07 bits per heavy atom. The average molecular weight is 412 g/mol. The van der Waals surface area contributed by atoms with Crippen molar-refractivity contribution in [3.8, 4) is 0 Å². The summed E-state index contributed by atoms with van der Waals surface area (Å²) in [4.78, 5) is 16.3. The number of nitrogens with one attached hydrogen (secondary N) is 1. The molecule has 0 aliphatic rings. The smallest absolute Gasteiger partial charge is 0.264 e. The summed E-state index contributed by atoms with van der Waals surface area (Å²) in [6, 6.07) is 16.0. The Morgan fingerprint density at radius 3 is 2.45 bits per heavy atom. The molecular weight excluding hydrogens is 395 g/mol. The van der Waals surface area contributed by atoms with Gasteiger partial charge < -0.3 is 0 Å². The lowest BCUT2D eigenvalue weighted by molar-refractivity contribution is -0.119. The van der Waals surface area contributed by atoms with Crippen molar-refractivity contribution in [3.05, 3.63) is 90.5 Å². The lowest BCUT2D eigenvalue weighted by atomic mass is 10.3. The SMILES string of the molecule is O=C(CN(c1ccc(F)cc1)S(=O)(=O)c1ccccc1)N/N=C\c1cccnc1. The van der Waals surface area contributed by atoms with Gasteiger partial charge in [-0.1, -0.05) is 24.3 Å². The summed E-state index contributed by atoms with van der Waals surface area (Å²) < 4.78 is 40.3. The molecule has 1 N–H and O–H groups in total. The Balaban J connectivity index is 1.83. The third-order valence-electron chi connectivity index (χ3n) is 3.82. The number of sulfonamides is 1. The number of aromatic nitrogens is 1. The van der Waals surface area contributed by atoms with E-state index in [4.69, 9.17) is 0 Å². The van der Waals surface area contributed by atoms with Crippen LogP contribution in [-0.4, -0.2) is 32.1 Å². The largest absolute Gasteiger partial charge is 0.271 e. The molecule has 0 bridgehead atoms. The second kappa shape index (κ2) is 9.07. The van der Waals surface area contributed by atoms with Gasteiger partial charge >= 0.3 is 0 Å². The highest BCUT2D eigenvalue weighted by atomic mass is 32.2. The Bertz CT molecular complexity index is 1090. The predicted molar refractivity (Wildman–Crippen MR) is 107 cm³/mol. The first-order valence-corrected chi connectivity index (χ1v) is 9.96. The van der Waals surface area contributed by atoms with Crippen LogP contribution in [0, 0.1) is 5.82 Å². The molecule has 3 rings (SSSR count). The Morgan fingerprint density at radius 2 is 1.79 bits per heavy atom. The first kappa shape index (κ1) is 20.2. The average Bonchev–Trinajstić information content (AvgIpc) is 2.74. The summed E-state index contributed by atoms with van der Waals surface area (Å²) in [7, 11) is -4.05. The van der Waals surface area contributed by atoms with Gasteiger partial charge in [-0.05, 0) is 42.5 Å². The topological polar surface area (TPSA) is 91.7 Å². The quantitative estimate of drug-likeness (QED) is 0.477. The van der Waals surface area contributed by atoms with Crippen LogP contribution in [0.25, 0.3) is 0 Å². The highest BCUT2D eigenvalue weighted by Crippen LogP contribution is 2.23. The molecule has 9 heteroatoms. The number of hydrogen-bond donors (Lipinski definition) is 1. The van der Waals surface area contributed by atoms with Gasteiger partial charge in [-0.3, -0.25) is 14.1 Å². The van der Waals surface area contributed by atoms with E-state index in [1.165, 1.54) is 30.5 Å². The standard InChI is InChI=1S/C20H17FN4O3S/c21-17-8-10-18(11-9-17)25(29(27,28)19-6-2-1-3-7-19)15-20(26)24-23-14-16-5-4-12-22-13-16/h1-14H,15H2,(H,24,26)/b23-14-. The third-order valence-corrected chi connectivity index (χ3v) is 5.61. The van der Waals surface area contributed by atoms with Gasteiger partial charge in [0.25, 0.3) is 15.9 Å². The third kappa shape index (κ3) is 5.23. The maximum Gasteiger partial charge on any atom is 0.264 e. The van der Waals surface area contributed by atoms with Gasteiger partial charge in [0, 0.05) is 18.0 Å². The molecule has 0 aliphatic carbocycles. The number of pyridine rings is 1. The van der Waals surface area contributed by atoms with E-state index in [0.717, 1.165) is 16.4 Å². The van der Waals surface area contributed by atoms with Gasteiger partial charge in [0.2, 0.25) is 0 Å². The maximum atomic E-state index is 13.3. The number of hydrazone groups is 1. The number of amides is 1. The van der Waals surface area contributed by atoms with E-state index in [2.05, 4.69) is 15.5 Å². The molecule has 1 amide bonds. The van der Waals surface area contributed by atoms with Crippen molar-refractivity contribution in [2.24, 2.45) is 5.10 Å². The second-order valence-electron chi connectivity index (χ2n) is 5.88. The molecule has 1 aromatic heterocycles. The van der Waals surface area contributed by atoms with E-state index in [1.54, 1.807) is 42.7 Å². The highest BCUT2D eigenvalue weighted by molar-refractivity contribution is 7.92. The Kier molecular flexibility index (Phi) is 6.30. The van der Waals surface area contributed by atoms with Gasteiger partial charge in [0.1, 0.15) is 12.4 Å². The van der Waals surface area contributed by atoms with E-state index >= 15 is 0 Å². The second-order valence-corrected chi connectivity index (χ2v) is 7.74. The van der Waals surface area contributed by atoms with Gasteiger partial charge in [0.15, 0.2) is 0 Å². The lowest BCUT2D eigenvalue weighted by Gasteiger charge is -2.23. The normalized spacial score (nSPS) is 11.3. The Labute approximate surface area is 167 Å². The zero-order valence-electron chi connectivity index (χ0n) is 15.1. The first-order chi connectivity index (χ1) is 14.0. The van der Waals surface area contributed by atoms with Crippen molar-refractivity contribution < 1.29 is 17.6 Å². The van der Waals surface area contributed by atoms with Gasteiger partial charge in [0.05, 0.1) is 16.8 Å². The summed E-state index contributed by atoms with van der Waals surface area (Å²) in [5, 5.41) is 3.81. The zero-order valence-corrected chi connectivity index (χ0v) is 16.0. The van der Waals surface area contributed by atoms with E-state index in [1.807, 2.05) is 0 Å². The molecule has 0 saturated heterocycles. The van der Waals surface area contributed by atoms with Crippen LogP contribution < -0.4 is 9.73 Å². The minimum Gasteiger partial charge on any atom is -0.271 e. The molecule has 3 aromatic rings. The molecule has 148 valence electrons. The number of anilines is 1. The van der Waals surface area contributed by atoms with Crippen LogP contribution in [0.15, 0.2) is 89.1 Å². The van der Waals surface area contributed by atoms with Crippen molar-refractivity contribution in [3.63, 3.8) is 0 Å². The fourth-order valence-electron chi connectivity index (χ4n) is 2.44. The van der Waals surface area contributed by atoms with E-state index < -0.39 is 28.3 Å². The molecule has 0 radical (unpaired) electrons. The zero-order chi connectivity index (χ0) is 20.7. The van der Waals surface area contributed by atoms with Crippen LogP contribution in [0.2, 0.25) is 0 Å².